The van der Waals surface area contributed by atoms with Crippen LogP contribution in [0.5, 0.6) is 0 Å². The quantitative estimate of drug-likeness (QED) is 0.742. The normalized spacial score (nSPS) is 12.8. The summed E-state index contributed by atoms with van der Waals surface area (Å²) in [7, 11) is 0. The van der Waals surface area contributed by atoms with Crippen molar-refractivity contribution in [1.29, 1.82) is 0 Å². The summed E-state index contributed by atoms with van der Waals surface area (Å²) in [5, 5.41) is 20.3. The zero-order chi connectivity index (χ0) is 14.7. The number of carbonyl (C=O) groups is 1. The van der Waals surface area contributed by atoms with Crippen LogP contribution >= 0.6 is 0 Å². The highest BCUT2D eigenvalue weighted by molar-refractivity contribution is 5.73. The molecule has 9 heteroatoms. The molecule has 0 saturated heterocycles. The molecule has 0 fully saturated rings. The number of hydrogen-bond acceptors (Lipinski definition) is 7. The Bertz CT molecular complexity index is 591. The highest BCUT2D eigenvalue weighted by Crippen LogP contribution is 2.10. The highest BCUT2D eigenvalue weighted by atomic mass is 16.5. The molecule has 0 aliphatic rings. The molecule has 0 aliphatic carbocycles. The van der Waals surface area contributed by atoms with Gasteiger partial charge in [-0.1, -0.05) is 24.2 Å². The topological polar surface area (TPSA) is 133 Å². The van der Waals surface area contributed by atoms with E-state index in [1.54, 1.807) is 6.20 Å². The van der Waals surface area contributed by atoms with E-state index in [2.05, 4.69) is 20.5 Å². The molecule has 9 nitrogen and oxygen atoms in total. The van der Waals surface area contributed by atoms with Gasteiger partial charge in [-0.05, 0) is 0 Å². The van der Waals surface area contributed by atoms with Crippen LogP contribution in [0.25, 0.3) is 0 Å². The molecule has 108 valence electrons. The molecule has 2 rings (SSSR count). The van der Waals surface area contributed by atoms with Gasteiger partial charge in [0.05, 0.1) is 5.69 Å². The van der Waals surface area contributed by atoms with Crippen LogP contribution in [0.1, 0.15) is 37.2 Å². The van der Waals surface area contributed by atoms with Gasteiger partial charge in [0.1, 0.15) is 12.6 Å². The van der Waals surface area contributed by atoms with Gasteiger partial charge in [-0.2, -0.15) is 4.98 Å². The van der Waals surface area contributed by atoms with Crippen LogP contribution in [0.3, 0.4) is 0 Å². The SMILES string of the molecule is CC(C)c1noc(Cn2cc(CC(N)C(=O)O)nn2)n1. The van der Waals surface area contributed by atoms with Crippen LogP contribution < -0.4 is 5.73 Å². The fourth-order valence-corrected chi connectivity index (χ4v) is 1.53. The lowest BCUT2D eigenvalue weighted by Gasteiger charge is -2.01. The van der Waals surface area contributed by atoms with Gasteiger partial charge in [0, 0.05) is 18.5 Å². The second-order valence-corrected chi connectivity index (χ2v) is 4.76. The largest absolute Gasteiger partial charge is 0.480 e. The Morgan fingerprint density at radius 1 is 1.55 bits per heavy atom. The Morgan fingerprint density at radius 2 is 2.30 bits per heavy atom. The molecule has 0 spiro atoms. The highest BCUT2D eigenvalue weighted by Gasteiger charge is 2.15. The fourth-order valence-electron chi connectivity index (χ4n) is 1.53. The molecule has 0 amide bonds. The Morgan fingerprint density at radius 3 is 2.90 bits per heavy atom. The van der Waals surface area contributed by atoms with Crippen molar-refractivity contribution >= 4 is 5.97 Å². The van der Waals surface area contributed by atoms with E-state index in [1.165, 1.54) is 4.68 Å². The van der Waals surface area contributed by atoms with Crippen molar-refractivity contribution in [2.75, 3.05) is 0 Å². The summed E-state index contributed by atoms with van der Waals surface area (Å²) in [6, 6.07) is -0.990. The molecular formula is C11H16N6O3. The minimum atomic E-state index is -1.07. The maximum Gasteiger partial charge on any atom is 0.320 e. The minimum absolute atomic E-state index is 0.121. The molecule has 0 radical (unpaired) electrons. The zero-order valence-electron chi connectivity index (χ0n) is 11.2. The smallest absolute Gasteiger partial charge is 0.320 e. The Hall–Kier alpha value is -2.29. The molecule has 2 heterocycles. The number of aliphatic carboxylic acids is 1. The summed E-state index contributed by atoms with van der Waals surface area (Å²) >= 11 is 0. The van der Waals surface area contributed by atoms with E-state index in [-0.39, 0.29) is 18.9 Å². The second-order valence-electron chi connectivity index (χ2n) is 4.76. The summed E-state index contributed by atoms with van der Waals surface area (Å²) in [6.45, 7) is 4.22. The zero-order valence-corrected chi connectivity index (χ0v) is 11.2. The van der Waals surface area contributed by atoms with E-state index in [9.17, 15) is 4.79 Å². The van der Waals surface area contributed by atoms with Gasteiger partial charge in [0.15, 0.2) is 5.82 Å². The van der Waals surface area contributed by atoms with Crippen LogP contribution in [-0.4, -0.2) is 42.3 Å². The minimum Gasteiger partial charge on any atom is -0.480 e. The molecule has 0 aromatic carbocycles. The summed E-state index contributed by atoms with van der Waals surface area (Å²) < 4.78 is 6.59. The van der Waals surface area contributed by atoms with Crippen molar-refractivity contribution < 1.29 is 14.4 Å². The van der Waals surface area contributed by atoms with Crippen molar-refractivity contribution in [3.05, 3.63) is 23.6 Å². The lowest BCUT2D eigenvalue weighted by atomic mass is 10.2. The summed E-state index contributed by atoms with van der Waals surface area (Å²) in [6.07, 6.45) is 1.73. The van der Waals surface area contributed by atoms with Crippen molar-refractivity contribution in [3.8, 4) is 0 Å². The van der Waals surface area contributed by atoms with Crippen molar-refractivity contribution in [1.82, 2.24) is 25.1 Å². The predicted molar refractivity (Wildman–Crippen MR) is 66.8 cm³/mol. The number of hydrogen-bond donors (Lipinski definition) is 2. The number of rotatable bonds is 6. The lowest BCUT2D eigenvalue weighted by Crippen LogP contribution is -2.32. The first-order valence-electron chi connectivity index (χ1n) is 6.15. The molecular weight excluding hydrogens is 264 g/mol. The monoisotopic (exact) mass is 280 g/mol. The van der Waals surface area contributed by atoms with Crippen LogP contribution in [0.2, 0.25) is 0 Å². The van der Waals surface area contributed by atoms with Gasteiger partial charge >= 0.3 is 5.97 Å². The molecule has 20 heavy (non-hydrogen) atoms. The predicted octanol–water partition coefficient (Wildman–Crippen LogP) is -0.213. The summed E-state index contributed by atoms with van der Waals surface area (Å²) in [5.41, 5.74) is 5.93. The maximum atomic E-state index is 10.7. The van der Waals surface area contributed by atoms with Crippen LogP contribution in [0.4, 0.5) is 0 Å². The molecule has 3 N–H and O–H groups in total. The first-order valence-corrected chi connectivity index (χ1v) is 6.15. The molecule has 0 saturated carbocycles. The summed E-state index contributed by atoms with van der Waals surface area (Å²) in [4.78, 5) is 14.9. The third kappa shape index (κ3) is 3.38. The number of aromatic nitrogens is 5. The molecule has 1 unspecified atom stereocenters. The number of carboxylic acid groups (broad SMARTS) is 1. The first kappa shape index (κ1) is 14.1. The van der Waals surface area contributed by atoms with Crippen molar-refractivity contribution in [3.63, 3.8) is 0 Å². The van der Waals surface area contributed by atoms with E-state index >= 15 is 0 Å². The second kappa shape index (κ2) is 5.78. The molecule has 2 aromatic rings. The van der Waals surface area contributed by atoms with Gasteiger partial charge in [-0.3, -0.25) is 4.79 Å². The van der Waals surface area contributed by atoms with E-state index in [1.807, 2.05) is 13.8 Å². The van der Waals surface area contributed by atoms with Crippen LogP contribution in [0.15, 0.2) is 10.7 Å². The van der Waals surface area contributed by atoms with Crippen LogP contribution in [0, 0.1) is 0 Å². The van der Waals surface area contributed by atoms with E-state index in [0.29, 0.717) is 17.4 Å². The number of carboxylic acids is 1. The average molecular weight is 280 g/mol. The third-order valence-corrected chi connectivity index (χ3v) is 2.63. The third-order valence-electron chi connectivity index (χ3n) is 2.63. The van der Waals surface area contributed by atoms with Gasteiger partial charge in [-0.25, -0.2) is 4.68 Å². The molecule has 0 aliphatic heterocycles. The Labute approximate surface area is 114 Å². The van der Waals surface area contributed by atoms with E-state index in [4.69, 9.17) is 15.4 Å². The Kier molecular flexibility index (Phi) is 4.08. The Balaban J connectivity index is 2.00. The van der Waals surface area contributed by atoms with Gasteiger partial charge in [-0.15, -0.1) is 5.10 Å². The first-order chi connectivity index (χ1) is 9.45. The fraction of sp³-hybridized carbons (Fsp3) is 0.545. The lowest BCUT2D eigenvalue weighted by molar-refractivity contribution is -0.138. The molecule has 0 bridgehead atoms. The number of nitrogens with two attached hydrogens (primary N) is 1. The van der Waals surface area contributed by atoms with Crippen molar-refractivity contribution in [2.45, 2.75) is 38.8 Å². The average Bonchev–Trinajstić information content (AvgIpc) is 2.99. The standard InChI is InChI=1S/C11H16N6O3/c1-6(2)10-13-9(20-15-10)5-17-4-7(14-16-17)3-8(12)11(18)19/h4,6,8H,3,5,12H2,1-2H3,(H,18,19). The van der Waals surface area contributed by atoms with E-state index < -0.39 is 12.0 Å². The van der Waals surface area contributed by atoms with Gasteiger partial charge < -0.3 is 15.4 Å². The van der Waals surface area contributed by atoms with Crippen molar-refractivity contribution in [2.24, 2.45) is 5.73 Å². The molecule has 1 atom stereocenters. The van der Waals surface area contributed by atoms with E-state index in [0.717, 1.165) is 0 Å². The van der Waals surface area contributed by atoms with Crippen LogP contribution in [-0.2, 0) is 17.8 Å². The molecule has 2 aromatic heterocycles. The number of nitrogens with zero attached hydrogens (tertiary/aromatic N) is 5. The summed E-state index contributed by atoms with van der Waals surface area (Å²) in [5.74, 6) is 0.173. The maximum absolute atomic E-state index is 10.7. The van der Waals surface area contributed by atoms with Gasteiger partial charge in [0.25, 0.3) is 0 Å². The van der Waals surface area contributed by atoms with Gasteiger partial charge in [0.2, 0.25) is 5.89 Å².